The van der Waals surface area contributed by atoms with Gasteiger partial charge >= 0.3 is 6.01 Å². The summed E-state index contributed by atoms with van der Waals surface area (Å²) in [5, 5.41) is 11.4. The van der Waals surface area contributed by atoms with E-state index in [9.17, 15) is 0 Å². The monoisotopic (exact) mass is 270 g/mol. The summed E-state index contributed by atoms with van der Waals surface area (Å²) >= 11 is 0. The van der Waals surface area contributed by atoms with Crippen molar-refractivity contribution >= 4 is 5.84 Å². The molecule has 0 amide bonds. The minimum Gasteiger partial charge on any atom is -0.463 e. The predicted molar refractivity (Wildman–Crippen MR) is 67.3 cm³/mol. The second-order valence-electron chi connectivity index (χ2n) is 3.52. The second-order valence-corrected chi connectivity index (χ2v) is 3.52. The predicted octanol–water partition coefficient (Wildman–Crippen LogP) is 0.00300. The van der Waals surface area contributed by atoms with Gasteiger partial charge in [0, 0.05) is 26.3 Å². The first-order chi connectivity index (χ1) is 9.27. The largest absolute Gasteiger partial charge is 0.463 e. The Kier molecular flexibility index (Phi) is 7.21. The molecule has 1 rings (SSSR count). The van der Waals surface area contributed by atoms with Crippen LogP contribution < -0.4 is 10.5 Å². The Morgan fingerprint density at radius 2 is 2.21 bits per heavy atom. The van der Waals surface area contributed by atoms with Crippen molar-refractivity contribution in [3.8, 4) is 6.01 Å². The Labute approximate surface area is 111 Å². The molecular weight excluding hydrogens is 252 g/mol. The molecule has 0 aliphatic rings. The highest BCUT2D eigenvalue weighted by atomic mass is 16.5. The standard InChI is InChI=1S/C11H18N4O4/c1-17-7-8-18-5-2-6-19-11-13-4-3-9(14-11)10(12)15-16/h3-4,16H,2,5-8H2,1H3,(H2,12,15). The number of amidine groups is 1. The molecule has 0 aliphatic heterocycles. The van der Waals surface area contributed by atoms with E-state index in [1.807, 2.05) is 0 Å². The van der Waals surface area contributed by atoms with Crippen LogP contribution in [-0.4, -0.2) is 54.5 Å². The zero-order valence-corrected chi connectivity index (χ0v) is 10.8. The maximum absolute atomic E-state index is 8.53. The molecule has 0 radical (unpaired) electrons. The van der Waals surface area contributed by atoms with Crippen LogP contribution in [0.4, 0.5) is 0 Å². The molecule has 0 fully saturated rings. The Morgan fingerprint density at radius 3 is 2.95 bits per heavy atom. The molecule has 106 valence electrons. The molecule has 0 unspecified atom stereocenters. The van der Waals surface area contributed by atoms with Crippen LogP contribution in [0.3, 0.4) is 0 Å². The van der Waals surface area contributed by atoms with Crippen LogP contribution in [0.2, 0.25) is 0 Å². The van der Waals surface area contributed by atoms with E-state index in [2.05, 4.69) is 15.1 Å². The molecule has 1 aromatic heterocycles. The fraction of sp³-hybridized carbons (Fsp3) is 0.545. The lowest BCUT2D eigenvalue weighted by Gasteiger charge is -2.06. The minimum absolute atomic E-state index is 0.0878. The van der Waals surface area contributed by atoms with Gasteiger partial charge in [0.15, 0.2) is 5.84 Å². The van der Waals surface area contributed by atoms with Crippen molar-refractivity contribution in [3.63, 3.8) is 0 Å². The lowest BCUT2D eigenvalue weighted by atomic mass is 10.4. The van der Waals surface area contributed by atoms with E-state index in [1.54, 1.807) is 7.11 Å². The van der Waals surface area contributed by atoms with Crippen molar-refractivity contribution in [1.82, 2.24) is 9.97 Å². The number of rotatable bonds is 9. The summed E-state index contributed by atoms with van der Waals surface area (Å²) in [6.45, 7) is 2.13. The Morgan fingerprint density at radius 1 is 1.37 bits per heavy atom. The quantitative estimate of drug-likeness (QED) is 0.213. The van der Waals surface area contributed by atoms with Gasteiger partial charge in [-0.05, 0) is 6.07 Å². The normalized spacial score (nSPS) is 11.5. The van der Waals surface area contributed by atoms with Crippen LogP contribution in [0.1, 0.15) is 12.1 Å². The van der Waals surface area contributed by atoms with Gasteiger partial charge in [-0.1, -0.05) is 5.16 Å². The van der Waals surface area contributed by atoms with Crippen molar-refractivity contribution in [2.75, 3.05) is 33.5 Å². The molecule has 1 aromatic rings. The number of nitrogens with two attached hydrogens (primary N) is 1. The van der Waals surface area contributed by atoms with Gasteiger partial charge in [-0.2, -0.15) is 4.98 Å². The number of nitrogens with zero attached hydrogens (tertiary/aromatic N) is 3. The Balaban J connectivity index is 2.26. The number of methoxy groups -OCH3 is 1. The maximum atomic E-state index is 8.53. The molecule has 3 N–H and O–H groups in total. The van der Waals surface area contributed by atoms with E-state index >= 15 is 0 Å². The molecule has 0 saturated carbocycles. The van der Waals surface area contributed by atoms with Crippen molar-refractivity contribution in [2.45, 2.75) is 6.42 Å². The van der Waals surface area contributed by atoms with Crippen LogP contribution in [0, 0.1) is 0 Å². The van der Waals surface area contributed by atoms with E-state index in [0.29, 0.717) is 38.5 Å². The number of oxime groups is 1. The molecule has 0 saturated heterocycles. The smallest absolute Gasteiger partial charge is 0.317 e. The lowest BCUT2D eigenvalue weighted by Crippen LogP contribution is -2.16. The summed E-state index contributed by atoms with van der Waals surface area (Å²) in [6.07, 6.45) is 2.19. The van der Waals surface area contributed by atoms with Gasteiger partial charge in [-0.3, -0.25) is 0 Å². The average molecular weight is 270 g/mol. The number of hydrogen-bond acceptors (Lipinski definition) is 7. The summed E-state index contributed by atoms with van der Waals surface area (Å²) in [6, 6.07) is 1.71. The minimum atomic E-state index is -0.0878. The summed E-state index contributed by atoms with van der Waals surface area (Å²) in [5.41, 5.74) is 5.72. The molecule has 0 spiro atoms. The molecule has 0 aliphatic carbocycles. The first-order valence-corrected chi connectivity index (χ1v) is 5.78. The number of hydrogen-bond donors (Lipinski definition) is 2. The molecular formula is C11H18N4O4. The van der Waals surface area contributed by atoms with Crippen molar-refractivity contribution < 1.29 is 19.4 Å². The van der Waals surface area contributed by atoms with Crippen LogP contribution in [0.25, 0.3) is 0 Å². The van der Waals surface area contributed by atoms with Gasteiger partial charge in [-0.15, -0.1) is 0 Å². The molecule has 0 aromatic carbocycles. The topological polar surface area (TPSA) is 112 Å². The van der Waals surface area contributed by atoms with Crippen molar-refractivity contribution in [1.29, 1.82) is 0 Å². The van der Waals surface area contributed by atoms with Crippen LogP contribution >= 0.6 is 0 Å². The summed E-state index contributed by atoms with van der Waals surface area (Å²) in [5.74, 6) is -0.0878. The highest BCUT2D eigenvalue weighted by Crippen LogP contribution is 2.03. The Bertz CT molecular complexity index is 400. The van der Waals surface area contributed by atoms with E-state index in [0.717, 1.165) is 0 Å². The van der Waals surface area contributed by atoms with E-state index in [-0.39, 0.29) is 11.8 Å². The summed E-state index contributed by atoms with van der Waals surface area (Å²) in [7, 11) is 1.62. The van der Waals surface area contributed by atoms with Gasteiger partial charge < -0.3 is 25.2 Å². The van der Waals surface area contributed by atoms with Crippen molar-refractivity contribution in [3.05, 3.63) is 18.0 Å². The zero-order valence-electron chi connectivity index (χ0n) is 10.8. The molecule has 1 heterocycles. The van der Waals surface area contributed by atoms with Crippen molar-refractivity contribution in [2.24, 2.45) is 10.9 Å². The molecule has 8 heteroatoms. The van der Waals surface area contributed by atoms with Crippen LogP contribution in [0.5, 0.6) is 6.01 Å². The molecule has 0 atom stereocenters. The third kappa shape index (κ3) is 5.98. The highest BCUT2D eigenvalue weighted by Gasteiger charge is 2.04. The number of ether oxygens (including phenoxy) is 3. The summed E-state index contributed by atoms with van der Waals surface area (Å²) in [4.78, 5) is 7.90. The van der Waals surface area contributed by atoms with E-state index in [4.69, 9.17) is 25.2 Å². The highest BCUT2D eigenvalue weighted by molar-refractivity contribution is 5.95. The van der Waals surface area contributed by atoms with Gasteiger partial charge in [0.25, 0.3) is 0 Å². The Hall–Kier alpha value is -1.93. The lowest BCUT2D eigenvalue weighted by molar-refractivity contribution is 0.0639. The number of aromatic nitrogens is 2. The van der Waals surface area contributed by atoms with E-state index in [1.165, 1.54) is 12.3 Å². The van der Waals surface area contributed by atoms with Gasteiger partial charge in [0.1, 0.15) is 5.69 Å². The SMILES string of the molecule is COCCOCCCOc1nccc(/C(N)=N/O)n1. The van der Waals surface area contributed by atoms with Gasteiger partial charge in [0.05, 0.1) is 19.8 Å². The second kappa shape index (κ2) is 9.06. The summed E-state index contributed by atoms with van der Waals surface area (Å²) < 4.78 is 15.4. The third-order valence-electron chi connectivity index (χ3n) is 2.10. The first-order valence-electron chi connectivity index (χ1n) is 5.78. The zero-order chi connectivity index (χ0) is 13.9. The fourth-order valence-corrected chi connectivity index (χ4v) is 1.17. The van der Waals surface area contributed by atoms with Gasteiger partial charge in [-0.25, -0.2) is 4.98 Å². The maximum Gasteiger partial charge on any atom is 0.317 e. The first kappa shape index (κ1) is 15.1. The molecule has 19 heavy (non-hydrogen) atoms. The molecule has 0 bridgehead atoms. The molecule has 8 nitrogen and oxygen atoms in total. The van der Waals surface area contributed by atoms with Crippen LogP contribution in [0.15, 0.2) is 17.4 Å². The fourth-order valence-electron chi connectivity index (χ4n) is 1.17. The average Bonchev–Trinajstić information content (AvgIpc) is 2.46. The van der Waals surface area contributed by atoms with Crippen LogP contribution in [-0.2, 0) is 9.47 Å². The third-order valence-corrected chi connectivity index (χ3v) is 2.10. The van der Waals surface area contributed by atoms with E-state index < -0.39 is 0 Å². The van der Waals surface area contributed by atoms with Gasteiger partial charge in [0.2, 0.25) is 0 Å².